The Balaban J connectivity index is 1.97. The summed E-state index contributed by atoms with van der Waals surface area (Å²) in [6.07, 6.45) is 1.41. The van der Waals surface area contributed by atoms with Crippen molar-refractivity contribution in [2.45, 2.75) is 6.54 Å². The first kappa shape index (κ1) is 17.6. The van der Waals surface area contributed by atoms with Crippen LogP contribution in [0.25, 0.3) is 0 Å². The van der Waals surface area contributed by atoms with E-state index in [1.165, 1.54) is 6.20 Å². The van der Waals surface area contributed by atoms with Crippen LogP contribution in [-0.4, -0.2) is 13.0 Å². The number of nitriles is 1. The molecule has 0 fully saturated rings. The Morgan fingerprint density at radius 3 is 2.58 bits per heavy atom. The molecule has 0 unspecified atom stereocenters. The number of benzene rings is 2. The van der Waals surface area contributed by atoms with E-state index in [0.717, 1.165) is 10.0 Å². The van der Waals surface area contributed by atoms with E-state index in [4.69, 9.17) is 10.00 Å². The number of nitrogens with one attached hydrogen (secondary N) is 2. The Hall–Kier alpha value is -2.78. The second-order valence-corrected chi connectivity index (χ2v) is 5.68. The quantitative estimate of drug-likeness (QED) is 0.588. The van der Waals surface area contributed by atoms with Crippen molar-refractivity contribution in [3.63, 3.8) is 0 Å². The molecule has 0 aliphatic heterocycles. The molecule has 5 nitrogen and oxygen atoms in total. The van der Waals surface area contributed by atoms with Gasteiger partial charge >= 0.3 is 0 Å². The van der Waals surface area contributed by atoms with Crippen molar-refractivity contribution >= 4 is 27.5 Å². The van der Waals surface area contributed by atoms with Crippen LogP contribution in [0.3, 0.4) is 0 Å². The number of ether oxygens (including phenoxy) is 1. The minimum absolute atomic E-state index is 0.00197. The fraction of sp³-hybridized carbons (Fsp3) is 0.111. The Morgan fingerprint density at radius 2 is 1.96 bits per heavy atom. The summed E-state index contributed by atoms with van der Waals surface area (Å²) in [7, 11) is 1.57. The molecule has 0 bridgehead atoms. The van der Waals surface area contributed by atoms with Gasteiger partial charge in [-0.2, -0.15) is 5.26 Å². The summed E-state index contributed by atoms with van der Waals surface area (Å²) in [5.74, 6) is 0.224. The van der Waals surface area contributed by atoms with Gasteiger partial charge in [-0.3, -0.25) is 4.79 Å². The van der Waals surface area contributed by atoms with E-state index in [1.807, 2.05) is 30.3 Å². The first-order valence-corrected chi connectivity index (χ1v) is 7.96. The van der Waals surface area contributed by atoms with E-state index in [2.05, 4.69) is 26.6 Å². The molecule has 0 atom stereocenters. The Labute approximate surface area is 149 Å². The van der Waals surface area contributed by atoms with Gasteiger partial charge in [-0.05, 0) is 35.9 Å². The number of anilines is 1. The number of halogens is 1. The van der Waals surface area contributed by atoms with E-state index >= 15 is 0 Å². The molecule has 2 aromatic rings. The topological polar surface area (TPSA) is 74.1 Å². The molecule has 0 saturated heterocycles. The maximum absolute atomic E-state index is 12.1. The average molecular weight is 386 g/mol. The lowest BCUT2D eigenvalue weighted by atomic mass is 10.2. The van der Waals surface area contributed by atoms with Gasteiger partial charge in [-0.25, -0.2) is 0 Å². The minimum atomic E-state index is -0.470. The number of amides is 1. The number of hydrogen-bond acceptors (Lipinski definition) is 4. The zero-order valence-corrected chi connectivity index (χ0v) is 14.6. The Morgan fingerprint density at radius 1 is 1.25 bits per heavy atom. The largest absolute Gasteiger partial charge is 0.497 e. The van der Waals surface area contributed by atoms with Crippen molar-refractivity contribution in [3.8, 4) is 11.8 Å². The highest BCUT2D eigenvalue weighted by molar-refractivity contribution is 9.10. The van der Waals surface area contributed by atoms with E-state index in [-0.39, 0.29) is 5.57 Å². The summed E-state index contributed by atoms with van der Waals surface area (Å²) in [6, 6.07) is 16.5. The molecule has 0 aliphatic carbocycles. The van der Waals surface area contributed by atoms with E-state index in [9.17, 15) is 4.79 Å². The van der Waals surface area contributed by atoms with Gasteiger partial charge in [-0.1, -0.05) is 34.1 Å². The van der Waals surface area contributed by atoms with Gasteiger partial charge in [0, 0.05) is 22.9 Å². The molecular formula is C18H16BrN3O2. The molecule has 0 saturated carbocycles. The lowest BCUT2D eigenvalue weighted by Gasteiger charge is -2.07. The highest BCUT2D eigenvalue weighted by Gasteiger charge is 2.09. The normalized spacial score (nSPS) is 10.6. The summed E-state index contributed by atoms with van der Waals surface area (Å²) in [5, 5.41) is 14.8. The molecular weight excluding hydrogens is 370 g/mol. The number of methoxy groups -OCH3 is 1. The van der Waals surface area contributed by atoms with Gasteiger partial charge in [0.05, 0.1) is 7.11 Å². The molecule has 24 heavy (non-hydrogen) atoms. The number of carbonyl (C=O) groups excluding carboxylic acids is 1. The molecule has 0 heterocycles. The van der Waals surface area contributed by atoms with E-state index in [1.54, 1.807) is 31.4 Å². The number of rotatable bonds is 6. The van der Waals surface area contributed by atoms with Gasteiger partial charge in [0.2, 0.25) is 0 Å². The lowest BCUT2D eigenvalue weighted by Crippen LogP contribution is -2.16. The predicted molar refractivity (Wildman–Crippen MR) is 96.3 cm³/mol. The molecule has 2 N–H and O–H groups in total. The summed E-state index contributed by atoms with van der Waals surface area (Å²) >= 11 is 3.45. The molecule has 0 aliphatic rings. The molecule has 2 aromatic carbocycles. The summed E-state index contributed by atoms with van der Waals surface area (Å²) in [5.41, 5.74) is 1.62. The van der Waals surface area contributed by atoms with E-state index in [0.29, 0.717) is 18.0 Å². The highest BCUT2D eigenvalue weighted by Crippen LogP contribution is 2.16. The van der Waals surface area contributed by atoms with Crippen molar-refractivity contribution in [2.75, 3.05) is 12.4 Å². The van der Waals surface area contributed by atoms with Gasteiger partial charge in [-0.15, -0.1) is 0 Å². The van der Waals surface area contributed by atoms with Crippen LogP contribution < -0.4 is 15.4 Å². The van der Waals surface area contributed by atoms with E-state index < -0.39 is 5.91 Å². The summed E-state index contributed by atoms with van der Waals surface area (Å²) < 4.78 is 6.02. The third kappa shape index (κ3) is 4.86. The smallest absolute Gasteiger partial charge is 0.267 e. The van der Waals surface area contributed by atoms with Gasteiger partial charge in [0.1, 0.15) is 17.4 Å². The zero-order chi connectivity index (χ0) is 17.4. The van der Waals surface area contributed by atoms with Crippen molar-refractivity contribution in [2.24, 2.45) is 0 Å². The van der Waals surface area contributed by atoms with Crippen molar-refractivity contribution < 1.29 is 9.53 Å². The van der Waals surface area contributed by atoms with Crippen LogP contribution in [-0.2, 0) is 11.3 Å². The first-order valence-electron chi connectivity index (χ1n) is 7.16. The lowest BCUT2D eigenvalue weighted by molar-refractivity contribution is -0.112. The SMILES string of the molecule is COc1ccc(NC(=O)/C(C#N)=C\NCc2ccccc2Br)cc1. The maximum Gasteiger partial charge on any atom is 0.267 e. The Kier molecular flexibility index (Phi) is 6.41. The Bertz CT molecular complexity index is 780. The summed E-state index contributed by atoms with van der Waals surface area (Å²) in [6.45, 7) is 0.502. The molecule has 0 radical (unpaired) electrons. The number of carbonyl (C=O) groups is 1. The fourth-order valence-electron chi connectivity index (χ4n) is 1.93. The molecule has 1 amide bonds. The number of hydrogen-bond donors (Lipinski definition) is 2. The van der Waals surface area contributed by atoms with Crippen LogP contribution >= 0.6 is 15.9 Å². The molecule has 2 rings (SSSR count). The standard InChI is InChI=1S/C18H16BrN3O2/c1-24-16-8-6-15(7-9-16)22-18(23)14(10-20)12-21-11-13-4-2-3-5-17(13)19/h2-9,12,21H,11H2,1H3,(H,22,23)/b14-12-. The second-order valence-electron chi connectivity index (χ2n) is 4.82. The van der Waals surface area contributed by atoms with Crippen LogP contribution in [0.4, 0.5) is 5.69 Å². The van der Waals surface area contributed by atoms with Gasteiger partial charge < -0.3 is 15.4 Å². The molecule has 0 aromatic heterocycles. The maximum atomic E-state index is 12.1. The average Bonchev–Trinajstić information content (AvgIpc) is 2.60. The fourth-order valence-corrected chi connectivity index (χ4v) is 2.35. The predicted octanol–water partition coefficient (Wildman–Crippen LogP) is 3.59. The molecule has 0 spiro atoms. The monoisotopic (exact) mass is 385 g/mol. The third-order valence-electron chi connectivity index (χ3n) is 3.21. The van der Waals surface area contributed by atoms with Crippen molar-refractivity contribution in [1.82, 2.24) is 5.32 Å². The van der Waals surface area contributed by atoms with Crippen LogP contribution in [0.1, 0.15) is 5.56 Å². The van der Waals surface area contributed by atoms with Crippen LogP contribution in [0.15, 0.2) is 64.8 Å². The highest BCUT2D eigenvalue weighted by atomic mass is 79.9. The number of nitrogens with zero attached hydrogens (tertiary/aromatic N) is 1. The van der Waals surface area contributed by atoms with Gasteiger partial charge in [0.25, 0.3) is 5.91 Å². The van der Waals surface area contributed by atoms with Crippen molar-refractivity contribution in [3.05, 3.63) is 70.3 Å². The third-order valence-corrected chi connectivity index (χ3v) is 3.98. The van der Waals surface area contributed by atoms with Crippen LogP contribution in [0.5, 0.6) is 5.75 Å². The second kappa shape index (κ2) is 8.75. The zero-order valence-electron chi connectivity index (χ0n) is 13.0. The van der Waals surface area contributed by atoms with Crippen LogP contribution in [0, 0.1) is 11.3 Å². The van der Waals surface area contributed by atoms with Crippen molar-refractivity contribution in [1.29, 1.82) is 5.26 Å². The molecule has 6 heteroatoms. The summed E-state index contributed by atoms with van der Waals surface area (Å²) in [4.78, 5) is 12.1. The molecule has 122 valence electrons. The minimum Gasteiger partial charge on any atom is -0.497 e. The first-order chi connectivity index (χ1) is 11.6. The van der Waals surface area contributed by atoms with Crippen LogP contribution in [0.2, 0.25) is 0 Å². The van der Waals surface area contributed by atoms with Gasteiger partial charge in [0.15, 0.2) is 0 Å².